The summed E-state index contributed by atoms with van der Waals surface area (Å²) in [5.74, 6) is -0.133. The number of carbonyl (C=O) groups is 1. The summed E-state index contributed by atoms with van der Waals surface area (Å²) in [6, 6.07) is 2.89. The number of aryl methyl sites for hydroxylation is 1. The number of primary sulfonamides is 1. The minimum Gasteiger partial charge on any atom is -0.326 e. The van der Waals surface area contributed by atoms with Crippen molar-refractivity contribution in [1.29, 1.82) is 0 Å². The van der Waals surface area contributed by atoms with Crippen LogP contribution in [0.25, 0.3) is 0 Å². The fourth-order valence-electron chi connectivity index (χ4n) is 1.56. The van der Waals surface area contributed by atoms with Crippen molar-refractivity contribution in [1.82, 2.24) is 0 Å². The van der Waals surface area contributed by atoms with E-state index in [9.17, 15) is 13.2 Å². The monoisotopic (exact) mass is 270 g/mol. The molecule has 0 heterocycles. The first-order chi connectivity index (χ1) is 8.25. The molecule has 1 aromatic rings. The number of nitrogens with two attached hydrogens (primary N) is 1. The van der Waals surface area contributed by atoms with Crippen molar-refractivity contribution in [3.63, 3.8) is 0 Å². The number of rotatable bonds is 4. The van der Waals surface area contributed by atoms with E-state index in [1.165, 1.54) is 12.1 Å². The second kappa shape index (κ2) is 5.49. The highest BCUT2D eigenvalue weighted by Crippen LogP contribution is 2.23. The number of sulfonamides is 1. The van der Waals surface area contributed by atoms with E-state index >= 15 is 0 Å². The van der Waals surface area contributed by atoms with Crippen LogP contribution in [0.15, 0.2) is 17.0 Å². The van der Waals surface area contributed by atoms with E-state index in [1.54, 1.807) is 6.92 Å². The van der Waals surface area contributed by atoms with Gasteiger partial charge in [0.15, 0.2) is 0 Å². The lowest BCUT2D eigenvalue weighted by Gasteiger charge is -2.12. The van der Waals surface area contributed by atoms with Crippen molar-refractivity contribution < 1.29 is 13.2 Å². The maximum absolute atomic E-state index is 11.5. The summed E-state index contributed by atoms with van der Waals surface area (Å²) in [7, 11) is -3.76. The summed E-state index contributed by atoms with van der Waals surface area (Å²) in [6.45, 7) is 5.50. The number of amides is 1. The molecule has 0 unspecified atom stereocenters. The molecule has 1 amide bonds. The fourth-order valence-corrected chi connectivity index (χ4v) is 2.18. The molecule has 1 aromatic carbocycles. The van der Waals surface area contributed by atoms with Gasteiger partial charge < -0.3 is 5.32 Å². The van der Waals surface area contributed by atoms with Gasteiger partial charge in [0.05, 0.1) is 4.90 Å². The maximum Gasteiger partial charge on any atom is 0.238 e. The lowest BCUT2D eigenvalue weighted by molar-refractivity contribution is -0.116. The van der Waals surface area contributed by atoms with Crippen LogP contribution < -0.4 is 10.5 Å². The van der Waals surface area contributed by atoms with Gasteiger partial charge in [-0.2, -0.15) is 0 Å². The van der Waals surface area contributed by atoms with Crippen LogP contribution in [0.2, 0.25) is 0 Å². The first-order valence-electron chi connectivity index (χ1n) is 5.69. The lowest BCUT2D eigenvalue weighted by Crippen LogP contribution is -2.16. The van der Waals surface area contributed by atoms with E-state index < -0.39 is 10.0 Å². The van der Waals surface area contributed by atoms with Gasteiger partial charge >= 0.3 is 0 Å². The standard InChI is InChI=1S/C12H18N2O3S/c1-4-5-12(15)14-11-7-10(18(13,16)17)6-8(2)9(11)3/h6-7H,4-5H2,1-3H3,(H,14,15)(H2,13,16,17). The van der Waals surface area contributed by atoms with Gasteiger partial charge in [-0.1, -0.05) is 6.92 Å². The Morgan fingerprint density at radius 3 is 2.44 bits per heavy atom. The third kappa shape index (κ3) is 3.54. The molecular formula is C12H18N2O3S. The van der Waals surface area contributed by atoms with Gasteiger partial charge in [-0.15, -0.1) is 0 Å². The number of anilines is 1. The van der Waals surface area contributed by atoms with Crippen LogP contribution >= 0.6 is 0 Å². The quantitative estimate of drug-likeness (QED) is 0.872. The molecule has 18 heavy (non-hydrogen) atoms. The van der Waals surface area contributed by atoms with E-state index in [2.05, 4.69) is 5.32 Å². The summed E-state index contributed by atoms with van der Waals surface area (Å²) < 4.78 is 22.7. The minimum atomic E-state index is -3.76. The molecule has 0 aliphatic heterocycles. The molecule has 100 valence electrons. The molecule has 0 aliphatic carbocycles. The number of carbonyl (C=O) groups excluding carboxylic acids is 1. The molecule has 1 rings (SSSR count). The van der Waals surface area contributed by atoms with Gasteiger partial charge in [0.2, 0.25) is 15.9 Å². The molecule has 0 atom stereocenters. The molecule has 0 saturated heterocycles. The topological polar surface area (TPSA) is 89.3 Å². The Morgan fingerprint density at radius 2 is 1.94 bits per heavy atom. The van der Waals surface area contributed by atoms with E-state index in [1.807, 2.05) is 13.8 Å². The molecular weight excluding hydrogens is 252 g/mol. The van der Waals surface area contributed by atoms with Crippen LogP contribution in [0.3, 0.4) is 0 Å². The van der Waals surface area contributed by atoms with Crippen molar-refractivity contribution >= 4 is 21.6 Å². The SMILES string of the molecule is CCCC(=O)Nc1cc(S(N)(=O)=O)cc(C)c1C. The van der Waals surface area contributed by atoms with Crippen LogP contribution in [-0.4, -0.2) is 14.3 Å². The smallest absolute Gasteiger partial charge is 0.238 e. The minimum absolute atomic E-state index is 0.0115. The van der Waals surface area contributed by atoms with E-state index in [-0.39, 0.29) is 10.8 Å². The molecule has 5 nitrogen and oxygen atoms in total. The highest BCUT2D eigenvalue weighted by atomic mass is 32.2. The summed E-state index contributed by atoms with van der Waals surface area (Å²) >= 11 is 0. The Balaban J connectivity index is 3.19. The molecule has 0 radical (unpaired) electrons. The zero-order valence-electron chi connectivity index (χ0n) is 10.8. The average molecular weight is 270 g/mol. The second-order valence-corrected chi connectivity index (χ2v) is 5.82. The maximum atomic E-state index is 11.5. The van der Waals surface area contributed by atoms with Gasteiger partial charge in [-0.25, -0.2) is 13.6 Å². The van der Waals surface area contributed by atoms with Crippen LogP contribution in [0.1, 0.15) is 30.9 Å². The van der Waals surface area contributed by atoms with Crippen molar-refractivity contribution in [3.8, 4) is 0 Å². The predicted molar refractivity (Wildman–Crippen MR) is 70.8 cm³/mol. The van der Waals surface area contributed by atoms with Gasteiger partial charge in [0.25, 0.3) is 0 Å². The molecule has 0 spiro atoms. The number of hydrogen-bond donors (Lipinski definition) is 2. The first-order valence-corrected chi connectivity index (χ1v) is 7.24. The Labute approximate surface area is 107 Å². The molecule has 0 aromatic heterocycles. The second-order valence-electron chi connectivity index (χ2n) is 4.26. The van der Waals surface area contributed by atoms with E-state index in [0.717, 1.165) is 17.5 Å². The van der Waals surface area contributed by atoms with Crippen LogP contribution in [0.5, 0.6) is 0 Å². The normalized spacial score (nSPS) is 11.3. The third-order valence-electron chi connectivity index (χ3n) is 2.72. The molecule has 0 aliphatic rings. The van der Waals surface area contributed by atoms with Crippen molar-refractivity contribution in [3.05, 3.63) is 23.3 Å². The van der Waals surface area contributed by atoms with E-state index in [0.29, 0.717) is 12.1 Å². The Morgan fingerprint density at radius 1 is 1.33 bits per heavy atom. The van der Waals surface area contributed by atoms with E-state index in [4.69, 9.17) is 5.14 Å². The number of benzene rings is 1. The number of nitrogens with one attached hydrogen (secondary N) is 1. The van der Waals surface area contributed by atoms with Crippen molar-refractivity contribution in [2.75, 3.05) is 5.32 Å². The van der Waals surface area contributed by atoms with Crippen LogP contribution in [-0.2, 0) is 14.8 Å². The number of hydrogen-bond acceptors (Lipinski definition) is 3. The first kappa shape index (κ1) is 14.7. The van der Waals surface area contributed by atoms with Crippen molar-refractivity contribution in [2.24, 2.45) is 5.14 Å². The zero-order chi connectivity index (χ0) is 13.9. The molecule has 3 N–H and O–H groups in total. The van der Waals surface area contributed by atoms with Crippen molar-refractivity contribution in [2.45, 2.75) is 38.5 Å². The Kier molecular flexibility index (Phi) is 4.48. The summed E-state index contributed by atoms with van der Waals surface area (Å²) in [5.41, 5.74) is 2.11. The molecule has 0 saturated carbocycles. The summed E-state index contributed by atoms with van der Waals surface area (Å²) in [4.78, 5) is 11.6. The Hall–Kier alpha value is -1.40. The summed E-state index contributed by atoms with van der Waals surface area (Å²) in [5, 5.41) is 7.80. The largest absolute Gasteiger partial charge is 0.326 e. The summed E-state index contributed by atoms with van der Waals surface area (Å²) in [6.07, 6.45) is 1.14. The van der Waals surface area contributed by atoms with Crippen LogP contribution in [0, 0.1) is 13.8 Å². The predicted octanol–water partition coefficient (Wildman–Crippen LogP) is 1.69. The zero-order valence-corrected chi connectivity index (χ0v) is 11.6. The van der Waals surface area contributed by atoms with Gasteiger partial charge in [-0.05, 0) is 43.5 Å². The fraction of sp³-hybridized carbons (Fsp3) is 0.417. The molecule has 6 heteroatoms. The highest BCUT2D eigenvalue weighted by Gasteiger charge is 2.13. The van der Waals surface area contributed by atoms with Gasteiger partial charge in [0, 0.05) is 12.1 Å². The van der Waals surface area contributed by atoms with Gasteiger partial charge in [-0.3, -0.25) is 4.79 Å². The third-order valence-corrected chi connectivity index (χ3v) is 3.61. The highest BCUT2D eigenvalue weighted by molar-refractivity contribution is 7.89. The molecule has 0 bridgehead atoms. The van der Waals surface area contributed by atoms with Gasteiger partial charge in [0.1, 0.15) is 0 Å². The lowest BCUT2D eigenvalue weighted by atomic mass is 10.1. The Bertz CT molecular complexity index is 565. The van der Waals surface area contributed by atoms with Crippen LogP contribution in [0.4, 0.5) is 5.69 Å². The average Bonchev–Trinajstić information content (AvgIpc) is 2.23. The molecule has 0 fully saturated rings.